The number of hydrogen-bond acceptors (Lipinski definition) is 2. The lowest BCUT2D eigenvalue weighted by molar-refractivity contribution is 0.628. The minimum Gasteiger partial charge on any atom is -0.343 e. The summed E-state index contributed by atoms with van der Waals surface area (Å²) < 4.78 is 13.6. The maximum absolute atomic E-state index is 13.1. The smallest absolute Gasteiger partial charge is 0.140 e. The fourth-order valence-corrected chi connectivity index (χ4v) is 2.82. The zero-order chi connectivity index (χ0) is 14.2. The van der Waals surface area contributed by atoms with Crippen LogP contribution in [0, 0.1) is 17.4 Å². The molecule has 0 radical (unpaired) electrons. The van der Waals surface area contributed by atoms with E-state index in [1.165, 1.54) is 12.1 Å². The Morgan fingerprint density at radius 3 is 2.58 bits per heavy atom. The third-order valence-corrected chi connectivity index (χ3v) is 3.54. The summed E-state index contributed by atoms with van der Waals surface area (Å²) in [7, 11) is 0. The predicted octanol–water partition coefficient (Wildman–Crippen LogP) is 5.03. The van der Waals surface area contributed by atoms with E-state index in [0.29, 0.717) is 27.0 Å². The molecule has 1 heterocycles. The third kappa shape index (κ3) is 2.85. The summed E-state index contributed by atoms with van der Waals surface area (Å²) >= 11 is 11.4. The molecule has 2 nitrogen and oxygen atoms in total. The maximum Gasteiger partial charge on any atom is 0.140 e. The first-order chi connectivity index (χ1) is 8.90. The van der Waals surface area contributed by atoms with E-state index in [1.54, 1.807) is 6.07 Å². The van der Waals surface area contributed by atoms with E-state index in [1.807, 2.05) is 6.92 Å². The number of aryl methyl sites for hydroxylation is 1. The Morgan fingerprint density at radius 2 is 2.05 bits per heavy atom. The predicted molar refractivity (Wildman–Crippen MR) is 78.7 cm³/mol. The average molecular weight is 297 g/mol. The van der Waals surface area contributed by atoms with E-state index in [9.17, 15) is 4.39 Å². The summed E-state index contributed by atoms with van der Waals surface area (Å²) in [5, 5.41) is 0.315. The number of nitrogens with zero attached hydrogens (tertiary/aromatic N) is 1. The zero-order valence-corrected chi connectivity index (χ0v) is 12.5. The van der Waals surface area contributed by atoms with Gasteiger partial charge in [0.15, 0.2) is 0 Å². The van der Waals surface area contributed by atoms with Crippen molar-refractivity contribution in [1.29, 1.82) is 0 Å². The van der Waals surface area contributed by atoms with E-state index >= 15 is 0 Å². The van der Waals surface area contributed by atoms with Gasteiger partial charge in [-0.25, -0.2) is 9.37 Å². The average Bonchev–Trinajstić information content (AvgIpc) is 2.26. The van der Waals surface area contributed by atoms with Crippen molar-refractivity contribution >= 4 is 23.8 Å². The van der Waals surface area contributed by atoms with Gasteiger partial charge in [-0.1, -0.05) is 37.7 Å². The number of aromatic amines is 1. The SMILES string of the molecule is Cc1[nH]c(-c2ccc(F)cc2Cl)nc(=S)c1C(C)C. The standard InChI is InChI=1S/C14H14ClFN2S/c1-7(2)12-8(3)17-13(18-14(12)19)10-5-4-9(16)6-11(10)15/h4-7H,1-3H3,(H,17,18,19). The minimum atomic E-state index is -0.372. The number of H-pyrrole nitrogens is 1. The maximum atomic E-state index is 13.1. The molecule has 0 fully saturated rings. The molecule has 1 N–H and O–H groups in total. The summed E-state index contributed by atoms with van der Waals surface area (Å²) in [6, 6.07) is 4.21. The van der Waals surface area contributed by atoms with Crippen molar-refractivity contribution in [3.63, 3.8) is 0 Å². The van der Waals surface area contributed by atoms with E-state index in [2.05, 4.69) is 23.8 Å². The van der Waals surface area contributed by atoms with E-state index in [0.717, 1.165) is 11.3 Å². The highest BCUT2D eigenvalue weighted by atomic mass is 35.5. The second kappa shape index (κ2) is 5.39. The number of benzene rings is 1. The molecule has 1 aromatic heterocycles. The van der Waals surface area contributed by atoms with E-state index < -0.39 is 0 Å². The molecule has 0 aliphatic carbocycles. The van der Waals surface area contributed by atoms with E-state index in [4.69, 9.17) is 23.8 Å². The molecule has 0 spiro atoms. The Hall–Kier alpha value is -1.26. The minimum absolute atomic E-state index is 0.300. The lowest BCUT2D eigenvalue weighted by atomic mass is 10.0. The fraction of sp³-hybridized carbons (Fsp3) is 0.286. The first kappa shape index (κ1) is 14.2. The van der Waals surface area contributed by atoms with Crippen LogP contribution in [0.3, 0.4) is 0 Å². The monoisotopic (exact) mass is 296 g/mol. The Bertz CT molecular complexity index is 680. The van der Waals surface area contributed by atoms with Gasteiger partial charge < -0.3 is 4.98 Å². The van der Waals surface area contributed by atoms with Crippen LogP contribution in [-0.4, -0.2) is 9.97 Å². The van der Waals surface area contributed by atoms with Crippen molar-refractivity contribution < 1.29 is 4.39 Å². The first-order valence-corrected chi connectivity index (χ1v) is 6.75. The molecule has 0 unspecified atom stereocenters. The van der Waals surface area contributed by atoms with Crippen molar-refractivity contribution in [2.24, 2.45) is 0 Å². The van der Waals surface area contributed by atoms with Gasteiger partial charge in [0.05, 0.1) is 5.02 Å². The van der Waals surface area contributed by atoms with Crippen molar-refractivity contribution in [1.82, 2.24) is 9.97 Å². The Morgan fingerprint density at radius 1 is 1.37 bits per heavy atom. The van der Waals surface area contributed by atoms with Gasteiger partial charge in [0.2, 0.25) is 0 Å². The molecule has 2 aromatic rings. The molecule has 0 aliphatic rings. The topological polar surface area (TPSA) is 28.7 Å². The number of nitrogens with one attached hydrogen (secondary N) is 1. The van der Waals surface area contributed by atoms with Gasteiger partial charge in [-0.15, -0.1) is 0 Å². The molecule has 100 valence electrons. The molecule has 0 amide bonds. The Labute approximate surface area is 121 Å². The van der Waals surface area contributed by atoms with E-state index in [-0.39, 0.29) is 5.82 Å². The fourth-order valence-electron chi connectivity index (χ4n) is 2.08. The molecule has 2 rings (SSSR count). The highest BCUT2D eigenvalue weighted by molar-refractivity contribution is 7.71. The van der Waals surface area contributed by atoms with Crippen LogP contribution in [0.1, 0.15) is 31.0 Å². The number of hydrogen-bond donors (Lipinski definition) is 1. The van der Waals surface area contributed by atoms with Crippen LogP contribution in [0.25, 0.3) is 11.4 Å². The second-order valence-electron chi connectivity index (χ2n) is 4.71. The number of aromatic nitrogens is 2. The summed E-state index contributed by atoms with van der Waals surface area (Å²) in [6.45, 7) is 6.09. The van der Waals surface area contributed by atoms with Gasteiger partial charge in [-0.2, -0.15) is 0 Å². The molecule has 0 saturated heterocycles. The van der Waals surface area contributed by atoms with Crippen LogP contribution >= 0.6 is 23.8 Å². The lowest BCUT2D eigenvalue weighted by Crippen LogP contribution is -2.02. The van der Waals surface area contributed by atoms with Gasteiger partial charge >= 0.3 is 0 Å². The third-order valence-electron chi connectivity index (χ3n) is 2.92. The van der Waals surface area contributed by atoms with Gasteiger partial charge in [0, 0.05) is 16.8 Å². The lowest BCUT2D eigenvalue weighted by Gasteiger charge is -2.12. The molecule has 19 heavy (non-hydrogen) atoms. The van der Waals surface area contributed by atoms with Crippen LogP contribution in [0.2, 0.25) is 5.02 Å². The summed E-state index contributed by atoms with van der Waals surface area (Å²) in [4.78, 5) is 7.56. The van der Waals surface area contributed by atoms with Gasteiger partial charge in [0.1, 0.15) is 16.3 Å². The highest BCUT2D eigenvalue weighted by Crippen LogP contribution is 2.28. The first-order valence-electron chi connectivity index (χ1n) is 5.96. The van der Waals surface area contributed by atoms with Gasteiger partial charge in [-0.05, 0) is 31.0 Å². The molecular weight excluding hydrogens is 283 g/mol. The van der Waals surface area contributed by atoms with Gasteiger partial charge in [0.25, 0.3) is 0 Å². The van der Waals surface area contributed by atoms with Crippen LogP contribution in [0.5, 0.6) is 0 Å². The van der Waals surface area contributed by atoms with Crippen molar-refractivity contribution in [3.8, 4) is 11.4 Å². The molecule has 5 heteroatoms. The molecular formula is C14H14ClFN2S. The number of halogens is 2. The normalized spacial score (nSPS) is 11.1. The van der Waals surface area contributed by atoms with Crippen LogP contribution in [0.15, 0.2) is 18.2 Å². The van der Waals surface area contributed by atoms with Crippen LogP contribution in [-0.2, 0) is 0 Å². The molecule has 0 aliphatic heterocycles. The van der Waals surface area contributed by atoms with Crippen molar-refractivity contribution in [2.75, 3.05) is 0 Å². The quantitative estimate of drug-likeness (QED) is 0.787. The van der Waals surface area contributed by atoms with Crippen molar-refractivity contribution in [2.45, 2.75) is 26.7 Å². The number of rotatable bonds is 2. The van der Waals surface area contributed by atoms with Crippen molar-refractivity contribution in [3.05, 3.63) is 44.9 Å². The molecule has 0 bridgehead atoms. The second-order valence-corrected chi connectivity index (χ2v) is 5.50. The molecule has 0 atom stereocenters. The Kier molecular flexibility index (Phi) is 4.02. The van der Waals surface area contributed by atoms with Crippen LogP contribution in [0.4, 0.5) is 4.39 Å². The molecule has 0 saturated carbocycles. The largest absolute Gasteiger partial charge is 0.343 e. The highest BCUT2D eigenvalue weighted by Gasteiger charge is 2.12. The summed E-state index contributed by atoms with van der Waals surface area (Å²) in [6.07, 6.45) is 0. The summed E-state index contributed by atoms with van der Waals surface area (Å²) in [5.74, 6) is 0.494. The van der Waals surface area contributed by atoms with Gasteiger partial charge in [-0.3, -0.25) is 0 Å². The zero-order valence-electron chi connectivity index (χ0n) is 10.9. The molecule has 1 aromatic carbocycles. The summed E-state index contributed by atoms with van der Waals surface area (Å²) in [5.41, 5.74) is 2.63. The Balaban J connectivity index is 2.62. The van der Waals surface area contributed by atoms with Crippen LogP contribution < -0.4 is 0 Å².